The third kappa shape index (κ3) is 4.10. The average molecular weight is 270 g/mol. The number of nitrogens with one attached hydrogen (secondary N) is 2. The fourth-order valence-corrected chi connectivity index (χ4v) is 1.81. The van der Waals surface area contributed by atoms with E-state index in [1.54, 1.807) is 12.1 Å². The second-order valence-corrected chi connectivity index (χ2v) is 4.40. The van der Waals surface area contributed by atoms with Crippen LogP contribution in [-0.4, -0.2) is 24.2 Å². The molecule has 0 bridgehead atoms. The average Bonchev–Trinajstić information content (AvgIpc) is 2.52. The number of benzene rings is 2. The minimum Gasteiger partial charge on any atom is -0.395 e. The van der Waals surface area contributed by atoms with E-state index in [1.807, 2.05) is 30.3 Å². The lowest BCUT2D eigenvalue weighted by atomic mass is 10.2. The molecule has 104 valence electrons. The molecular formula is C16H18N2O2. The summed E-state index contributed by atoms with van der Waals surface area (Å²) in [6.45, 7) is 0.964. The largest absolute Gasteiger partial charge is 0.395 e. The van der Waals surface area contributed by atoms with Gasteiger partial charge in [-0.3, -0.25) is 4.79 Å². The van der Waals surface area contributed by atoms with Gasteiger partial charge in [-0.1, -0.05) is 30.3 Å². The molecule has 2 rings (SSSR count). The van der Waals surface area contributed by atoms with Gasteiger partial charge in [-0.2, -0.15) is 0 Å². The predicted molar refractivity (Wildman–Crippen MR) is 79.6 cm³/mol. The lowest BCUT2D eigenvalue weighted by molar-refractivity contribution is 0.0945. The van der Waals surface area contributed by atoms with Crippen LogP contribution >= 0.6 is 0 Å². The Kier molecular flexibility index (Phi) is 5.15. The lowest BCUT2D eigenvalue weighted by Crippen LogP contribution is -2.26. The molecule has 1 amide bonds. The highest BCUT2D eigenvalue weighted by molar-refractivity contribution is 5.94. The molecule has 0 aliphatic rings. The summed E-state index contributed by atoms with van der Waals surface area (Å²) in [5.41, 5.74) is 2.76. The Morgan fingerprint density at radius 1 is 1.00 bits per heavy atom. The van der Waals surface area contributed by atoms with Crippen molar-refractivity contribution in [2.75, 3.05) is 18.5 Å². The SMILES string of the molecule is O=C(NCCO)c1ccc(NCc2ccccc2)cc1. The number of rotatable bonds is 6. The summed E-state index contributed by atoms with van der Waals surface area (Å²) in [5.74, 6) is -0.173. The van der Waals surface area contributed by atoms with Crippen molar-refractivity contribution in [1.82, 2.24) is 5.32 Å². The van der Waals surface area contributed by atoms with Gasteiger partial charge in [-0.05, 0) is 29.8 Å². The smallest absolute Gasteiger partial charge is 0.251 e. The summed E-state index contributed by atoms with van der Waals surface area (Å²) in [4.78, 5) is 11.7. The van der Waals surface area contributed by atoms with Gasteiger partial charge in [-0.15, -0.1) is 0 Å². The lowest BCUT2D eigenvalue weighted by Gasteiger charge is -2.08. The topological polar surface area (TPSA) is 61.4 Å². The van der Waals surface area contributed by atoms with Crippen molar-refractivity contribution in [3.8, 4) is 0 Å². The number of hydrogen-bond donors (Lipinski definition) is 3. The van der Waals surface area contributed by atoms with Crippen LogP contribution in [-0.2, 0) is 6.54 Å². The molecular weight excluding hydrogens is 252 g/mol. The minimum atomic E-state index is -0.173. The molecule has 0 spiro atoms. The molecule has 0 aromatic heterocycles. The highest BCUT2D eigenvalue weighted by Crippen LogP contribution is 2.11. The zero-order valence-electron chi connectivity index (χ0n) is 11.2. The van der Waals surface area contributed by atoms with Crippen molar-refractivity contribution < 1.29 is 9.90 Å². The van der Waals surface area contributed by atoms with Crippen LogP contribution in [0.2, 0.25) is 0 Å². The number of amides is 1. The fraction of sp³-hybridized carbons (Fsp3) is 0.188. The zero-order chi connectivity index (χ0) is 14.2. The number of hydrogen-bond acceptors (Lipinski definition) is 3. The van der Waals surface area contributed by atoms with Crippen molar-refractivity contribution >= 4 is 11.6 Å². The third-order valence-electron chi connectivity index (χ3n) is 2.88. The van der Waals surface area contributed by atoms with E-state index in [4.69, 9.17) is 5.11 Å². The first kappa shape index (κ1) is 14.1. The summed E-state index contributed by atoms with van der Waals surface area (Å²) in [5, 5.41) is 14.6. The summed E-state index contributed by atoms with van der Waals surface area (Å²) in [7, 11) is 0. The Bertz CT molecular complexity index is 538. The van der Waals surface area contributed by atoms with Gasteiger partial charge in [-0.25, -0.2) is 0 Å². The zero-order valence-corrected chi connectivity index (χ0v) is 11.2. The second-order valence-electron chi connectivity index (χ2n) is 4.40. The highest BCUT2D eigenvalue weighted by Gasteiger charge is 2.03. The summed E-state index contributed by atoms with van der Waals surface area (Å²) < 4.78 is 0. The Labute approximate surface area is 118 Å². The quantitative estimate of drug-likeness (QED) is 0.752. The van der Waals surface area contributed by atoms with Crippen molar-refractivity contribution in [3.05, 3.63) is 65.7 Å². The van der Waals surface area contributed by atoms with E-state index in [2.05, 4.69) is 22.8 Å². The van der Waals surface area contributed by atoms with Crippen LogP contribution in [0.3, 0.4) is 0 Å². The number of aliphatic hydroxyl groups is 1. The van der Waals surface area contributed by atoms with Gasteiger partial charge in [0.05, 0.1) is 6.61 Å². The number of anilines is 1. The van der Waals surface area contributed by atoms with Gasteiger partial charge in [0.2, 0.25) is 0 Å². The van der Waals surface area contributed by atoms with Gasteiger partial charge in [0.25, 0.3) is 5.91 Å². The molecule has 0 saturated carbocycles. The molecule has 0 aliphatic carbocycles. The van der Waals surface area contributed by atoms with Crippen LogP contribution in [0.1, 0.15) is 15.9 Å². The molecule has 0 heterocycles. The summed E-state index contributed by atoms with van der Waals surface area (Å²) >= 11 is 0. The Morgan fingerprint density at radius 2 is 1.70 bits per heavy atom. The van der Waals surface area contributed by atoms with Crippen molar-refractivity contribution in [2.24, 2.45) is 0 Å². The number of aliphatic hydroxyl groups excluding tert-OH is 1. The molecule has 0 fully saturated rings. The maximum Gasteiger partial charge on any atom is 0.251 e. The van der Waals surface area contributed by atoms with Crippen molar-refractivity contribution in [1.29, 1.82) is 0 Å². The van der Waals surface area contributed by atoms with Gasteiger partial charge >= 0.3 is 0 Å². The normalized spacial score (nSPS) is 10.1. The van der Waals surface area contributed by atoms with E-state index in [-0.39, 0.29) is 19.1 Å². The van der Waals surface area contributed by atoms with E-state index in [1.165, 1.54) is 5.56 Å². The molecule has 0 atom stereocenters. The molecule has 2 aromatic carbocycles. The second kappa shape index (κ2) is 7.31. The van der Waals surface area contributed by atoms with E-state index in [9.17, 15) is 4.79 Å². The summed E-state index contributed by atoms with van der Waals surface area (Å²) in [6, 6.07) is 17.4. The summed E-state index contributed by atoms with van der Waals surface area (Å²) in [6.07, 6.45) is 0. The van der Waals surface area contributed by atoms with Crippen LogP contribution in [0.5, 0.6) is 0 Å². The minimum absolute atomic E-state index is 0.0531. The van der Waals surface area contributed by atoms with E-state index in [0.717, 1.165) is 12.2 Å². The maximum atomic E-state index is 11.7. The highest BCUT2D eigenvalue weighted by atomic mass is 16.3. The van der Waals surface area contributed by atoms with E-state index in [0.29, 0.717) is 5.56 Å². The van der Waals surface area contributed by atoms with E-state index >= 15 is 0 Å². The molecule has 4 heteroatoms. The van der Waals surface area contributed by atoms with Crippen molar-refractivity contribution in [2.45, 2.75) is 6.54 Å². The van der Waals surface area contributed by atoms with Crippen LogP contribution in [0.25, 0.3) is 0 Å². The molecule has 0 aliphatic heterocycles. The monoisotopic (exact) mass is 270 g/mol. The van der Waals surface area contributed by atoms with Gasteiger partial charge < -0.3 is 15.7 Å². The first-order chi connectivity index (χ1) is 9.79. The predicted octanol–water partition coefficient (Wildman–Crippen LogP) is 2.02. The molecule has 3 N–H and O–H groups in total. The molecule has 0 unspecified atom stereocenters. The molecule has 20 heavy (non-hydrogen) atoms. The molecule has 0 saturated heterocycles. The number of carbonyl (C=O) groups is 1. The first-order valence-corrected chi connectivity index (χ1v) is 6.56. The van der Waals surface area contributed by atoms with E-state index < -0.39 is 0 Å². The Hall–Kier alpha value is -2.33. The van der Waals surface area contributed by atoms with Crippen LogP contribution in [0, 0.1) is 0 Å². The Balaban J connectivity index is 1.90. The van der Waals surface area contributed by atoms with Crippen LogP contribution < -0.4 is 10.6 Å². The Morgan fingerprint density at radius 3 is 2.35 bits per heavy atom. The molecule has 0 radical (unpaired) electrons. The fourth-order valence-electron chi connectivity index (χ4n) is 1.81. The number of carbonyl (C=O) groups excluding carboxylic acids is 1. The van der Waals surface area contributed by atoms with Gasteiger partial charge in [0.1, 0.15) is 0 Å². The van der Waals surface area contributed by atoms with Gasteiger partial charge in [0, 0.05) is 24.3 Å². The molecule has 2 aromatic rings. The first-order valence-electron chi connectivity index (χ1n) is 6.56. The maximum absolute atomic E-state index is 11.7. The molecule has 4 nitrogen and oxygen atoms in total. The van der Waals surface area contributed by atoms with Crippen LogP contribution in [0.15, 0.2) is 54.6 Å². The standard InChI is InChI=1S/C16H18N2O2/c19-11-10-17-16(20)14-6-8-15(9-7-14)18-12-13-4-2-1-3-5-13/h1-9,18-19H,10-12H2,(H,17,20). The third-order valence-corrected chi connectivity index (χ3v) is 2.88. The van der Waals surface area contributed by atoms with Crippen LogP contribution in [0.4, 0.5) is 5.69 Å². The van der Waals surface area contributed by atoms with Crippen molar-refractivity contribution in [3.63, 3.8) is 0 Å². The van der Waals surface area contributed by atoms with Gasteiger partial charge in [0.15, 0.2) is 0 Å².